The molecule has 1 heterocycles. The van der Waals surface area contributed by atoms with Crippen molar-refractivity contribution in [3.8, 4) is 0 Å². The van der Waals surface area contributed by atoms with Gasteiger partial charge >= 0.3 is 0 Å². The number of carbonyl (C=O) groups is 1. The normalized spacial score (nSPS) is 11.0. The number of hydrogen-bond donors (Lipinski definition) is 0. The molecule has 0 saturated carbocycles. The van der Waals surface area contributed by atoms with Crippen molar-refractivity contribution < 1.29 is 4.79 Å². The van der Waals surface area contributed by atoms with Crippen LogP contribution in [-0.4, -0.2) is 22.5 Å². The number of halogens is 1. The number of rotatable bonds is 4. The summed E-state index contributed by atoms with van der Waals surface area (Å²) in [6, 6.07) is 5.85. The minimum atomic E-state index is -0.0777. The molecule has 0 N–H and O–H groups in total. The van der Waals surface area contributed by atoms with E-state index in [1.165, 1.54) is 0 Å². The van der Waals surface area contributed by atoms with E-state index >= 15 is 0 Å². The van der Waals surface area contributed by atoms with E-state index in [1.54, 1.807) is 30.3 Å². The van der Waals surface area contributed by atoms with Gasteiger partial charge in [-0.15, -0.1) is 0 Å². The van der Waals surface area contributed by atoms with Crippen LogP contribution in [0.3, 0.4) is 0 Å². The third-order valence-corrected chi connectivity index (χ3v) is 3.81. The highest BCUT2D eigenvalue weighted by molar-refractivity contribution is 9.10. The number of aryl methyl sites for hydroxylation is 2. The summed E-state index contributed by atoms with van der Waals surface area (Å²) in [7, 11) is 1.77. The number of benzene rings is 1. The molecule has 1 aromatic heterocycles. The molecule has 0 aliphatic carbocycles. The van der Waals surface area contributed by atoms with Gasteiger partial charge in [-0.3, -0.25) is 4.79 Å². The van der Waals surface area contributed by atoms with Gasteiger partial charge in [0.15, 0.2) is 0 Å². The molecule has 0 spiro atoms. The lowest BCUT2D eigenvalue weighted by atomic mass is 10.2. The number of likely N-dealkylation sites (N-methyl/N-ethyl adjacent to an activating group) is 1. The molecule has 1 amide bonds. The van der Waals surface area contributed by atoms with Crippen molar-refractivity contribution in [1.82, 2.24) is 9.55 Å². The lowest BCUT2D eigenvalue weighted by Crippen LogP contribution is -2.24. The Kier molecular flexibility index (Phi) is 4.96. The molecule has 0 radical (unpaired) electrons. The monoisotopic (exact) mass is 347 g/mol. The number of nitrogens with zero attached hydrogens (tertiary/aromatic N) is 3. The van der Waals surface area contributed by atoms with E-state index in [0.29, 0.717) is 0 Å². The highest BCUT2D eigenvalue weighted by Gasteiger charge is 2.10. The van der Waals surface area contributed by atoms with Crippen LogP contribution in [-0.2, 0) is 11.3 Å². The molecule has 0 bridgehead atoms. The van der Waals surface area contributed by atoms with Gasteiger partial charge in [-0.2, -0.15) is 0 Å². The molecule has 4 nitrogen and oxygen atoms in total. The topological polar surface area (TPSA) is 38.1 Å². The lowest BCUT2D eigenvalue weighted by Gasteiger charge is -2.18. The van der Waals surface area contributed by atoms with Crippen LogP contribution in [0.4, 0.5) is 5.69 Å². The molecule has 2 rings (SSSR count). The van der Waals surface area contributed by atoms with Crippen LogP contribution in [0.5, 0.6) is 0 Å². The molecular weight excluding hydrogens is 330 g/mol. The summed E-state index contributed by atoms with van der Waals surface area (Å²) in [5, 5.41) is 0. The van der Waals surface area contributed by atoms with E-state index < -0.39 is 0 Å². The summed E-state index contributed by atoms with van der Waals surface area (Å²) in [5.74, 6) is 0.706. The fourth-order valence-corrected chi connectivity index (χ4v) is 2.59. The highest BCUT2D eigenvalue weighted by atomic mass is 79.9. The van der Waals surface area contributed by atoms with E-state index in [9.17, 15) is 4.79 Å². The lowest BCUT2D eigenvalue weighted by molar-refractivity contribution is -0.113. The first-order valence-electron chi connectivity index (χ1n) is 6.76. The predicted molar refractivity (Wildman–Crippen MR) is 89.2 cm³/mol. The Hall–Kier alpha value is -1.88. The van der Waals surface area contributed by atoms with Crippen LogP contribution in [0, 0.1) is 6.92 Å². The Morgan fingerprint density at radius 2 is 2.24 bits per heavy atom. The van der Waals surface area contributed by atoms with E-state index in [2.05, 4.69) is 20.9 Å². The van der Waals surface area contributed by atoms with Crippen molar-refractivity contribution in [3.05, 3.63) is 52.5 Å². The van der Waals surface area contributed by atoms with E-state index in [0.717, 1.165) is 28.1 Å². The summed E-state index contributed by atoms with van der Waals surface area (Å²) in [5.41, 5.74) is 1.94. The molecule has 21 heavy (non-hydrogen) atoms. The molecule has 5 heteroatoms. The van der Waals surface area contributed by atoms with Gasteiger partial charge in [0.1, 0.15) is 5.82 Å². The van der Waals surface area contributed by atoms with Crippen molar-refractivity contribution in [1.29, 1.82) is 0 Å². The molecule has 0 unspecified atom stereocenters. The van der Waals surface area contributed by atoms with Crippen molar-refractivity contribution in [2.75, 3.05) is 11.9 Å². The van der Waals surface area contributed by atoms with Gasteiger partial charge in [-0.1, -0.05) is 15.9 Å². The van der Waals surface area contributed by atoms with Gasteiger partial charge in [-0.05, 0) is 43.7 Å². The van der Waals surface area contributed by atoms with Crippen molar-refractivity contribution in [3.63, 3.8) is 0 Å². The summed E-state index contributed by atoms with van der Waals surface area (Å²) in [6.45, 7) is 4.85. The second-order valence-corrected chi connectivity index (χ2v) is 5.65. The SMILES string of the molecule is CCn1ccnc1C=CC(=O)N(C)c1ccc(Br)cc1C. The maximum absolute atomic E-state index is 12.3. The quantitative estimate of drug-likeness (QED) is 0.791. The van der Waals surface area contributed by atoms with Crippen LogP contribution in [0.25, 0.3) is 6.08 Å². The smallest absolute Gasteiger partial charge is 0.250 e. The Morgan fingerprint density at radius 3 is 2.90 bits per heavy atom. The number of anilines is 1. The molecule has 0 atom stereocenters. The largest absolute Gasteiger partial charge is 0.332 e. The average molecular weight is 348 g/mol. The summed E-state index contributed by atoms with van der Waals surface area (Å²) in [6.07, 6.45) is 6.93. The van der Waals surface area contributed by atoms with Gasteiger partial charge < -0.3 is 9.47 Å². The molecule has 0 aliphatic rings. The minimum absolute atomic E-state index is 0.0777. The van der Waals surface area contributed by atoms with Gasteiger partial charge in [0.2, 0.25) is 0 Å². The van der Waals surface area contributed by atoms with E-state index in [-0.39, 0.29) is 5.91 Å². The van der Waals surface area contributed by atoms with Crippen LogP contribution in [0.2, 0.25) is 0 Å². The zero-order valence-electron chi connectivity index (χ0n) is 12.4. The number of carbonyl (C=O) groups excluding carboxylic acids is 1. The molecular formula is C16H18BrN3O. The maximum Gasteiger partial charge on any atom is 0.250 e. The minimum Gasteiger partial charge on any atom is -0.332 e. The molecule has 1 aromatic carbocycles. The first kappa shape index (κ1) is 15.5. The third kappa shape index (κ3) is 3.61. The van der Waals surface area contributed by atoms with Crippen LogP contribution >= 0.6 is 15.9 Å². The summed E-state index contributed by atoms with van der Waals surface area (Å²) >= 11 is 3.43. The summed E-state index contributed by atoms with van der Waals surface area (Å²) < 4.78 is 2.99. The van der Waals surface area contributed by atoms with Crippen LogP contribution in [0.15, 0.2) is 41.1 Å². The average Bonchev–Trinajstić information content (AvgIpc) is 2.91. The standard InChI is InChI=1S/C16H18BrN3O/c1-4-20-10-9-18-15(20)7-8-16(21)19(3)14-6-5-13(17)11-12(14)2/h5-11H,4H2,1-3H3. The van der Waals surface area contributed by atoms with E-state index in [4.69, 9.17) is 0 Å². The molecule has 0 saturated heterocycles. The second kappa shape index (κ2) is 6.72. The van der Waals surface area contributed by atoms with Crippen molar-refractivity contribution >= 4 is 33.6 Å². The Balaban J connectivity index is 2.16. The third-order valence-electron chi connectivity index (χ3n) is 3.31. The number of hydrogen-bond acceptors (Lipinski definition) is 2. The number of aromatic nitrogens is 2. The molecule has 0 fully saturated rings. The number of amides is 1. The van der Waals surface area contributed by atoms with Crippen molar-refractivity contribution in [2.24, 2.45) is 0 Å². The fraction of sp³-hybridized carbons (Fsp3) is 0.250. The van der Waals surface area contributed by atoms with Gasteiger partial charge in [0.05, 0.1) is 0 Å². The van der Waals surface area contributed by atoms with Crippen LogP contribution in [0.1, 0.15) is 18.3 Å². The first-order chi connectivity index (χ1) is 10.0. The zero-order valence-corrected chi connectivity index (χ0v) is 14.0. The summed E-state index contributed by atoms with van der Waals surface area (Å²) in [4.78, 5) is 18.1. The Labute approximate surface area is 133 Å². The second-order valence-electron chi connectivity index (χ2n) is 4.73. The van der Waals surface area contributed by atoms with Crippen molar-refractivity contribution in [2.45, 2.75) is 20.4 Å². The molecule has 0 aliphatic heterocycles. The Morgan fingerprint density at radius 1 is 1.48 bits per heavy atom. The zero-order chi connectivity index (χ0) is 15.4. The molecule has 2 aromatic rings. The first-order valence-corrected chi connectivity index (χ1v) is 7.55. The fourth-order valence-electron chi connectivity index (χ4n) is 2.12. The highest BCUT2D eigenvalue weighted by Crippen LogP contribution is 2.23. The van der Waals surface area contributed by atoms with Crippen LogP contribution < -0.4 is 4.90 Å². The predicted octanol–water partition coefficient (Wildman–Crippen LogP) is 3.65. The Bertz CT molecular complexity index is 676. The molecule has 110 valence electrons. The maximum atomic E-state index is 12.3. The van der Waals surface area contributed by atoms with Gasteiger partial charge in [0, 0.05) is 42.2 Å². The van der Waals surface area contributed by atoms with Gasteiger partial charge in [-0.25, -0.2) is 4.98 Å². The number of imidazole rings is 1. The van der Waals surface area contributed by atoms with Gasteiger partial charge in [0.25, 0.3) is 5.91 Å². The van der Waals surface area contributed by atoms with E-state index in [1.807, 2.05) is 42.8 Å².